The second kappa shape index (κ2) is 4.14. The van der Waals surface area contributed by atoms with Crippen LogP contribution in [0.2, 0.25) is 5.02 Å². The van der Waals surface area contributed by atoms with Crippen molar-refractivity contribution in [3.05, 3.63) is 34.4 Å². The molecule has 14 heavy (non-hydrogen) atoms. The molecule has 1 unspecified atom stereocenters. The Labute approximate surface area is 81.9 Å². The SMILES string of the molecule is OC(c1c(F)ccc(F)c1Cl)C(F)F. The van der Waals surface area contributed by atoms with E-state index in [4.69, 9.17) is 16.7 Å². The number of aliphatic hydroxyl groups excluding tert-OH is 1. The molecule has 0 saturated carbocycles. The van der Waals surface area contributed by atoms with E-state index in [-0.39, 0.29) is 0 Å². The van der Waals surface area contributed by atoms with Crippen LogP contribution < -0.4 is 0 Å². The molecule has 0 fully saturated rings. The highest BCUT2D eigenvalue weighted by molar-refractivity contribution is 6.31. The highest BCUT2D eigenvalue weighted by atomic mass is 35.5. The monoisotopic (exact) mass is 228 g/mol. The van der Waals surface area contributed by atoms with Crippen molar-refractivity contribution in [2.24, 2.45) is 0 Å². The third kappa shape index (κ3) is 1.99. The molecule has 0 aliphatic rings. The molecule has 0 bridgehead atoms. The second-order valence-electron chi connectivity index (χ2n) is 2.54. The van der Waals surface area contributed by atoms with Gasteiger partial charge in [-0.1, -0.05) is 11.6 Å². The molecule has 6 heteroatoms. The van der Waals surface area contributed by atoms with Gasteiger partial charge in [0.1, 0.15) is 17.7 Å². The summed E-state index contributed by atoms with van der Waals surface area (Å²) in [7, 11) is 0. The summed E-state index contributed by atoms with van der Waals surface area (Å²) in [6.45, 7) is 0. The normalized spacial score (nSPS) is 13.4. The molecule has 0 amide bonds. The van der Waals surface area contributed by atoms with Gasteiger partial charge in [-0.2, -0.15) is 0 Å². The second-order valence-corrected chi connectivity index (χ2v) is 2.91. The van der Waals surface area contributed by atoms with Crippen LogP contribution in [0.4, 0.5) is 17.6 Å². The van der Waals surface area contributed by atoms with Crippen LogP contribution in [0.1, 0.15) is 11.7 Å². The standard InChI is InChI=1S/C8H5ClF4O/c9-6-4(11)2-1-3(10)5(6)7(14)8(12)13/h1-2,7-8,14H. The van der Waals surface area contributed by atoms with E-state index in [1.165, 1.54) is 0 Å². The lowest BCUT2D eigenvalue weighted by Crippen LogP contribution is -2.11. The molecule has 0 saturated heterocycles. The molecule has 1 nitrogen and oxygen atoms in total. The minimum absolute atomic E-state index is 0.627. The van der Waals surface area contributed by atoms with Crippen molar-refractivity contribution in [1.82, 2.24) is 0 Å². The predicted molar refractivity (Wildman–Crippen MR) is 42.3 cm³/mol. The molecule has 0 radical (unpaired) electrons. The van der Waals surface area contributed by atoms with Crippen molar-refractivity contribution in [2.45, 2.75) is 12.5 Å². The van der Waals surface area contributed by atoms with E-state index >= 15 is 0 Å². The maximum absolute atomic E-state index is 12.9. The molecule has 1 aromatic rings. The number of rotatable bonds is 2. The van der Waals surface area contributed by atoms with E-state index in [0.717, 1.165) is 0 Å². The molecule has 78 valence electrons. The summed E-state index contributed by atoms with van der Waals surface area (Å²) in [5.74, 6) is -2.22. The Morgan fingerprint density at radius 2 is 1.64 bits per heavy atom. The number of benzene rings is 1. The maximum atomic E-state index is 12.9. The molecule has 0 aliphatic heterocycles. The lowest BCUT2D eigenvalue weighted by molar-refractivity contribution is -0.00781. The Morgan fingerprint density at radius 1 is 1.14 bits per heavy atom. The molecular weight excluding hydrogens is 224 g/mol. The van der Waals surface area contributed by atoms with Crippen LogP contribution in [0.15, 0.2) is 12.1 Å². The zero-order valence-corrected chi connectivity index (χ0v) is 7.40. The molecule has 0 aliphatic carbocycles. The zero-order valence-electron chi connectivity index (χ0n) is 6.65. The molecule has 1 N–H and O–H groups in total. The van der Waals surface area contributed by atoms with Crippen LogP contribution >= 0.6 is 11.6 Å². The molecule has 1 rings (SSSR count). The number of alkyl halides is 2. The third-order valence-electron chi connectivity index (χ3n) is 1.61. The van der Waals surface area contributed by atoms with Crippen LogP contribution in [0, 0.1) is 11.6 Å². The van der Waals surface area contributed by atoms with Crippen molar-refractivity contribution in [3.8, 4) is 0 Å². The number of hydrogen-bond acceptors (Lipinski definition) is 1. The van der Waals surface area contributed by atoms with Crippen LogP contribution in [0.5, 0.6) is 0 Å². The highest BCUT2D eigenvalue weighted by Gasteiger charge is 2.26. The van der Waals surface area contributed by atoms with Gasteiger partial charge in [-0.15, -0.1) is 0 Å². The molecule has 1 atom stereocenters. The lowest BCUT2D eigenvalue weighted by Gasteiger charge is -2.12. The fraction of sp³-hybridized carbons (Fsp3) is 0.250. The van der Waals surface area contributed by atoms with Crippen molar-refractivity contribution in [3.63, 3.8) is 0 Å². The van der Waals surface area contributed by atoms with Gasteiger partial charge in [0, 0.05) is 5.56 Å². The van der Waals surface area contributed by atoms with Gasteiger partial charge in [0.2, 0.25) is 0 Å². The summed E-state index contributed by atoms with van der Waals surface area (Å²) in [6, 6.07) is 1.32. The van der Waals surface area contributed by atoms with Gasteiger partial charge in [0.25, 0.3) is 6.43 Å². The molecule has 0 aromatic heterocycles. The Hall–Kier alpha value is -0.810. The number of aliphatic hydroxyl groups is 1. The van der Waals surface area contributed by atoms with Crippen molar-refractivity contribution in [1.29, 1.82) is 0 Å². The van der Waals surface area contributed by atoms with E-state index in [9.17, 15) is 17.6 Å². The van der Waals surface area contributed by atoms with Crippen molar-refractivity contribution >= 4 is 11.6 Å². The van der Waals surface area contributed by atoms with E-state index in [2.05, 4.69) is 0 Å². The average Bonchev–Trinajstić information content (AvgIpc) is 2.12. The summed E-state index contributed by atoms with van der Waals surface area (Å²) in [6.07, 6.45) is -5.64. The average molecular weight is 229 g/mol. The van der Waals surface area contributed by atoms with Crippen LogP contribution in [0.25, 0.3) is 0 Å². The van der Waals surface area contributed by atoms with Gasteiger partial charge >= 0.3 is 0 Å². The first-order valence-electron chi connectivity index (χ1n) is 3.54. The summed E-state index contributed by atoms with van der Waals surface area (Å²) < 4.78 is 49.6. The van der Waals surface area contributed by atoms with Gasteiger partial charge in [0.15, 0.2) is 0 Å². The third-order valence-corrected chi connectivity index (χ3v) is 2.00. The van der Waals surface area contributed by atoms with E-state index in [1.54, 1.807) is 0 Å². The Kier molecular flexibility index (Phi) is 3.34. The first kappa shape index (κ1) is 11.3. The molecular formula is C8H5ClF4O. The van der Waals surface area contributed by atoms with Gasteiger partial charge in [0.05, 0.1) is 5.02 Å². The largest absolute Gasteiger partial charge is 0.382 e. The fourth-order valence-electron chi connectivity index (χ4n) is 0.940. The smallest absolute Gasteiger partial charge is 0.268 e. The summed E-state index contributed by atoms with van der Waals surface area (Å²) in [4.78, 5) is 0. The molecule has 1 aromatic carbocycles. The number of halogens is 5. The Balaban J connectivity index is 3.25. The first-order chi connectivity index (χ1) is 6.45. The quantitative estimate of drug-likeness (QED) is 0.610. The predicted octanol–water partition coefficient (Wildman–Crippen LogP) is 2.92. The fourth-order valence-corrected chi connectivity index (χ4v) is 1.20. The van der Waals surface area contributed by atoms with Crippen LogP contribution in [-0.2, 0) is 0 Å². The molecule has 0 heterocycles. The zero-order chi connectivity index (χ0) is 10.9. The lowest BCUT2D eigenvalue weighted by atomic mass is 10.1. The minimum Gasteiger partial charge on any atom is -0.382 e. The molecule has 0 spiro atoms. The van der Waals surface area contributed by atoms with Gasteiger partial charge in [-0.3, -0.25) is 0 Å². The minimum atomic E-state index is -3.22. The van der Waals surface area contributed by atoms with E-state index < -0.39 is 34.7 Å². The van der Waals surface area contributed by atoms with Crippen LogP contribution in [0.3, 0.4) is 0 Å². The summed E-state index contributed by atoms with van der Waals surface area (Å²) in [5, 5.41) is 8.02. The Bertz CT molecular complexity index is 342. The maximum Gasteiger partial charge on any atom is 0.268 e. The van der Waals surface area contributed by atoms with Crippen LogP contribution in [-0.4, -0.2) is 11.5 Å². The summed E-state index contributed by atoms with van der Waals surface area (Å²) >= 11 is 5.23. The van der Waals surface area contributed by atoms with Crippen molar-refractivity contribution < 1.29 is 22.7 Å². The highest BCUT2D eigenvalue weighted by Crippen LogP contribution is 2.31. The van der Waals surface area contributed by atoms with E-state index in [0.29, 0.717) is 12.1 Å². The van der Waals surface area contributed by atoms with E-state index in [1.807, 2.05) is 0 Å². The topological polar surface area (TPSA) is 20.2 Å². The van der Waals surface area contributed by atoms with Gasteiger partial charge < -0.3 is 5.11 Å². The number of hydrogen-bond donors (Lipinski definition) is 1. The van der Waals surface area contributed by atoms with Gasteiger partial charge in [-0.05, 0) is 12.1 Å². The summed E-state index contributed by atoms with van der Waals surface area (Å²) in [5.41, 5.74) is -0.915. The Morgan fingerprint density at radius 3 is 2.14 bits per heavy atom. The van der Waals surface area contributed by atoms with Crippen molar-refractivity contribution in [2.75, 3.05) is 0 Å². The van der Waals surface area contributed by atoms with Gasteiger partial charge in [-0.25, -0.2) is 17.6 Å². The first-order valence-corrected chi connectivity index (χ1v) is 3.92.